The van der Waals surface area contributed by atoms with E-state index in [0.717, 1.165) is 17.9 Å². The highest BCUT2D eigenvalue weighted by Gasteiger charge is 2.18. The van der Waals surface area contributed by atoms with Crippen LogP contribution in [0.4, 0.5) is 0 Å². The van der Waals surface area contributed by atoms with Crippen LogP contribution in [0.2, 0.25) is 0 Å². The van der Waals surface area contributed by atoms with E-state index in [4.69, 9.17) is 9.47 Å². The first-order valence-corrected chi connectivity index (χ1v) is 7.15. The molecule has 1 fully saturated rings. The minimum atomic E-state index is 0.653. The molecule has 0 aromatic heterocycles. The van der Waals surface area contributed by atoms with Crippen molar-refractivity contribution < 1.29 is 9.47 Å². The van der Waals surface area contributed by atoms with E-state index in [9.17, 15) is 0 Å². The van der Waals surface area contributed by atoms with Crippen molar-refractivity contribution in [1.29, 1.82) is 0 Å². The van der Waals surface area contributed by atoms with Crippen LogP contribution < -0.4 is 9.47 Å². The van der Waals surface area contributed by atoms with Gasteiger partial charge in [-0.05, 0) is 50.6 Å². The van der Waals surface area contributed by atoms with Crippen LogP contribution in [0, 0.1) is 0 Å². The summed E-state index contributed by atoms with van der Waals surface area (Å²) < 4.78 is 10.7. The normalized spacial score (nSPS) is 20.9. The number of benzene rings is 1. The Morgan fingerprint density at radius 2 is 1.89 bits per heavy atom. The van der Waals surface area contributed by atoms with Crippen molar-refractivity contribution in [3.63, 3.8) is 0 Å². The molecule has 1 atom stereocenters. The highest BCUT2D eigenvalue weighted by molar-refractivity contribution is 5.43. The minimum Gasteiger partial charge on any atom is -0.493 e. The Labute approximate surface area is 116 Å². The highest BCUT2D eigenvalue weighted by Crippen LogP contribution is 2.29. The molecule has 1 aliphatic heterocycles. The van der Waals surface area contributed by atoms with Gasteiger partial charge < -0.3 is 14.4 Å². The molecule has 3 nitrogen and oxygen atoms in total. The zero-order valence-corrected chi connectivity index (χ0v) is 12.3. The number of rotatable bonds is 4. The van der Waals surface area contributed by atoms with E-state index in [2.05, 4.69) is 24.1 Å². The summed E-state index contributed by atoms with van der Waals surface area (Å²) in [4.78, 5) is 2.50. The molecule has 1 unspecified atom stereocenters. The Morgan fingerprint density at radius 1 is 1.11 bits per heavy atom. The van der Waals surface area contributed by atoms with Crippen LogP contribution in [0.3, 0.4) is 0 Å². The van der Waals surface area contributed by atoms with E-state index in [-0.39, 0.29) is 0 Å². The molecular weight excluding hydrogens is 238 g/mol. The van der Waals surface area contributed by atoms with E-state index < -0.39 is 0 Å². The predicted octanol–water partition coefficient (Wildman–Crippen LogP) is 3.12. The molecule has 1 aromatic rings. The van der Waals surface area contributed by atoms with Crippen LogP contribution in [0.15, 0.2) is 18.2 Å². The first kappa shape index (κ1) is 14.2. The van der Waals surface area contributed by atoms with E-state index in [1.54, 1.807) is 14.2 Å². The zero-order chi connectivity index (χ0) is 13.7. The van der Waals surface area contributed by atoms with Gasteiger partial charge in [0.2, 0.25) is 0 Å². The quantitative estimate of drug-likeness (QED) is 0.833. The summed E-state index contributed by atoms with van der Waals surface area (Å²) in [7, 11) is 5.62. The summed E-state index contributed by atoms with van der Waals surface area (Å²) in [6.45, 7) is 1.22. The lowest BCUT2D eigenvalue weighted by atomic mass is 10.0. The second-order valence-corrected chi connectivity index (χ2v) is 5.38. The lowest BCUT2D eigenvalue weighted by Gasteiger charge is -2.26. The second-order valence-electron chi connectivity index (χ2n) is 5.38. The molecule has 0 radical (unpaired) electrons. The summed E-state index contributed by atoms with van der Waals surface area (Å²) in [6.07, 6.45) is 6.44. The predicted molar refractivity (Wildman–Crippen MR) is 78.1 cm³/mol. The molecule has 1 heterocycles. The Balaban J connectivity index is 2.09. The van der Waals surface area contributed by atoms with Gasteiger partial charge in [-0.3, -0.25) is 0 Å². The smallest absolute Gasteiger partial charge is 0.160 e. The number of hydrogen-bond donors (Lipinski definition) is 0. The van der Waals surface area contributed by atoms with Crippen LogP contribution in [0.5, 0.6) is 11.5 Å². The Kier molecular flexibility index (Phi) is 5.08. The Morgan fingerprint density at radius 3 is 2.63 bits per heavy atom. The van der Waals surface area contributed by atoms with E-state index in [0.29, 0.717) is 6.04 Å². The van der Waals surface area contributed by atoms with Crippen molar-refractivity contribution in [3.05, 3.63) is 23.8 Å². The fraction of sp³-hybridized carbons (Fsp3) is 0.625. The van der Waals surface area contributed by atoms with Gasteiger partial charge in [0.15, 0.2) is 11.5 Å². The summed E-state index contributed by atoms with van der Waals surface area (Å²) in [6, 6.07) is 6.92. The van der Waals surface area contributed by atoms with Gasteiger partial charge in [-0.1, -0.05) is 18.9 Å². The van der Waals surface area contributed by atoms with Gasteiger partial charge in [0.05, 0.1) is 14.2 Å². The molecule has 0 aliphatic carbocycles. The van der Waals surface area contributed by atoms with Crippen molar-refractivity contribution in [2.24, 2.45) is 0 Å². The SMILES string of the molecule is COc1ccc(CC2CCCCCN2C)cc1OC. The number of likely N-dealkylation sites (tertiary alicyclic amines) is 1. The average Bonchev–Trinajstić information content (AvgIpc) is 2.64. The zero-order valence-electron chi connectivity index (χ0n) is 12.3. The van der Waals surface area contributed by atoms with E-state index in [1.807, 2.05) is 6.07 Å². The molecule has 0 N–H and O–H groups in total. The topological polar surface area (TPSA) is 21.7 Å². The third kappa shape index (κ3) is 3.63. The maximum atomic E-state index is 5.38. The molecule has 19 heavy (non-hydrogen) atoms. The lowest BCUT2D eigenvalue weighted by molar-refractivity contribution is 0.245. The number of likely N-dealkylation sites (N-methyl/N-ethyl adjacent to an activating group) is 1. The molecule has 3 heteroatoms. The van der Waals surface area contributed by atoms with Gasteiger partial charge in [0, 0.05) is 6.04 Å². The fourth-order valence-electron chi connectivity index (χ4n) is 2.86. The van der Waals surface area contributed by atoms with Gasteiger partial charge in [-0.2, -0.15) is 0 Å². The number of methoxy groups -OCH3 is 2. The number of ether oxygens (including phenoxy) is 2. The van der Waals surface area contributed by atoms with Gasteiger partial charge >= 0.3 is 0 Å². The lowest BCUT2D eigenvalue weighted by Crippen LogP contribution is -2.32. The first-order chi connectivity index (χ1) is 9.24. The molecule has 106 valence electrons. The summed E-state index contributed by atoms with van der Waals surface area (Å²) in [5, 5.41) is 0. The molecule has 0 spiro atoms. The molecule has 0 saturated carbocycles. The minimum absolute atomic E-state index is 0.653. The number of nitrogens with zero attached hydrogens (tertiary/aromatic N) is 1. The van der Waals surface area contributed by atoms with E-state index in [1.165, 1.54) is 37.8 Å². The average molecular weight is 263 g/mol. The monoisotopic (exact) mass is 263 g/mol. The third-order valence-electron chi connectivity index (χ3n) is 4.09. The molecule has 0 amide bonds. The summed E-state index contributed by atoms with van der Waals surface area (Å²) in [5.41, 5.74) is 1.33. The molecular formula is C16H25NO2. The van der Waals surface area contributed by atoms with E-state index >= 15 is 0 Å². The molecule has 1 saturated heterocycles. The van der Waals surface area contributed by atoms with Crippen LogP contribution >= 0.6 is 0 Å². The Bertz CT molecular complexity index is 406. The van der Waals surface area contributed by atoms with Crippen LogP contribution in [0.25, 0.3) is 0 Å². The van der Waals surface area contributed by atoms with Gasteiger partial charge in [0.1, 0.15) is 0 Å². The molecule has 0 bridgehead atoms. The molecule has 1 aromatic carbocycles. The van der Waals surface area contributed by atoms with Gasteiger partial charge in [-0.25, -0.2) is 0 Å². The first-order valence-electron chi connectivity index (χ1n) is 7.15. The van der Waals surface area contributed by atoms with Gasteiger partial charge in [-0.15, -0.1) is 0 Å². The summed E-state index contributed by atoms with van der Waals surface area (Å²) in [5.74, 6) is 1.64. The molecule has 2 rings (SSSR count). The maximum absolute atomic E-state index is 5.38. The van der Waals surface area contributed by atoms with Gasteiger partial charge in [0.25, 0.3) is 0 Å². The van der Waals surface area contributed by atoms with Crippen molar-refractivity contribution >= 4 is 0 Å². The standard InChI is InChI=1S/C16H25NO2/c1-17-10-6-4-5-7-14(17)11-13-8-9-15(18-2)16(12-13)19-3/h8-9,12,14H,4-7,10-11H2,1-3H3. The van der Waals surface area contributed by atoms with Crippen molar-refractivity contribution in [2.75, 3.05) is 27.8 Å². The second kappa shape index (κ2) is 6.80. The van der Waals surface area contributed by atoms with Crippen LogP contribution in [-0.4, -0.2) is 38.8 Å². The molecule has 1 aliphatic rings. The Hall–Kier alpha value is -1.22. The largest absolute Gasteiger partial charge is 0.493 e. The fourth-order valence-corrected chi connectivity index (χ4v) is 2.86. The van der Waals surface area contributed by atoms with Crippen molar-refractivity contribution in [1.82, 2.24) is 4.90 Å². The maximum Gasteiger partial charge on any atom is 0.160 e. The van der Waals surface area contributed by atoms with Crippen molar-refractivity contribution in [3.8, 4) is 11.5 Å². The van der Waals surface area contributed by atoms with Crippen LogP contribution in [-0.2, 0) is 6.42 Å². The summed E-state index contributed by atoms with van der Waals surface area (Å²) >= 11 is 0. The van der Waals surface area contributed by atoms with Crippen LogP contribution in [0.1, 0.15) is 31.2 Å². The third-order valence-corrected chi connectivity index (χ3v) is 4.09. The highest BCUT2D eigenvalue weighted by atomic mass is 16.5. The number of hydrogen-bond acceptors (Lipinski definition) is 3. The van der Waals surface area contributed by atoms with Crippen molar-refractivity contribution in [2.45, 2.75) is 38.1 Å².